The van der Waals surface area contributed by atoms with Crippen molar-refractivity contribution in [1.82, 2.24) is 14.8 Å². The molecule has 1 heterocycles. The largest absolute Gasteiger partial charge is 0.496 e. The Morgan fingerprint density at radius 3 is 2.52 bits per heavy atom. The van der Waals surface area contributed by atoms with Crippen molar-refractivity contribution in [1.29, 1.82) is 0 Å². The van der Waals surface area contributed by atoms with Crippen LogP contribution in [-0.4, -0.2) is 21.9 Å². The molecule has 7 heteroatoms. The van der Waals surface area contributed by atoms with Gasteiger partial charge in [-0.2, -0.15) is 5.10 Å². The Bertz CT molecular complexity index is 887. The maximum Gasteiger partial charge on any atom is 0.195 e. The van der Waals surface area contributed by atoms with E-state index in [1.165, 1.54) is 0 Å². The number of hydrogen-bond donors (Lipinski definition) is 1. The van der Waals surface area contributed by atoms with Crippen molar-refractivity contribution < 1.29 is 4.74 Å². The third kappa shape index (κ3) is 3.42. The Kier molecular flexibility index (Phi) is 4.71. The average molecular weight is 366 g/mol. The van der Waals surface area contributed by atoms with Crippen LogP contribution >= 0.6 is 35.4 Å². The van der Waals surface area contributed by atoms with Gasteiger partial charge >= 0.3 is 0 Å². The maximum atomic E-state index is 6.12. The van der Waals surface area contributed by atoms with E-state index in [4.69, 9.17) is 40.2 Å². The lowest BCUT2D eigenvalue weighted by molar-refractivity contribution is 0.416. The topological polar surface area (TPSA) is 42.8 Å². The molecule has 1 aromatic heterocycles. The Hall–Kier alpha value is -1.82. The van der Waals surface area contributed by atoms with E-state index in [-0.39, 0.29) is 0 Å². The van der Waals surface area contributed by atoms with Gasteiger partial charge in [-0.05, 0) is 48.1 Å². The number of hydrogen-bond acceptors (Lipinski definition) is 3. The van der Waals surface area contributed by atoms with E-state index in [2.05, 4.69) is 10.2 Å². The zero-order chi connectivity index (χ0) is 16.4. The molecule has 0 aliphatic rings. The van der Waals surface area contributed by atoms with Gasteiger partial charge in [0.05, 0.1) is 19.2 Å². The number of benzene rings is 2. The van der Waals surface area contributed by atoms with E-state index >= 15 is 0 Å². The fourth-order valence-electron chi connectivity index (χ4n) is 2.30. The molecular formula is C16H13Cl2N3OS. The molecule has 0 bridgehead atoms. The standard InChI is InChI=1S/C16H13Cl2N3OS/c1-22-14-7-6-12(18)8-13(14)15-19-20-16(23)21(15)9-10-2-4-11(17)5-3-10/h2-8H,9H2,1H3,(H,20,23). The molecule has 118 valence electrons. The maximum absolute atomic E-state index is 6.12. The van der Waals surface area contributed by atoms with Gasteiger partial charge in [0.2, 0.25) is 0 Å². The highest BCUT2D eigenvalue weighted by Gasteiger charge is 2.14. The smallest absolute Gasteiger partial charge is 0.195 e. The second kappa shape index (κ2) is 6.74. The van der Waals surface area contributed by atoms with Gasteiger partial charge < -0.3 is 4.74 Å². The number of H-pyrrole nitrogens is 1. The number of methoxy groups -OCH3 is 1. The summed E-state index contributed by atoms with van der Waals surface area (Å²) in [6.07, 6.45) is 0. The van der Waals surface area contributed by atoms with Crippen molar-refractivity contribution >= 4 is 35.4 Å². The molecule has 0 amide bonds. The van der Waals surface area contributed by atoms with Crippen LogP contribution in [0.25, 0.3) is 11.4 Å². The number of nitrogens with one attached hydrogen (secondary N) is 1. The van der Waals surface area contributed by atoms with E-state index in [0.717, 1.165) is 11.1 Å². The minimum Gasteiger partial charge on any atom is -0.496 e. The summed E-state index contributed by atoms with van der Waals surface area (Å²) < 4.78 is 7.83. The molecule has 3 rings (SSSR count). The van der Waals surface area contributed by atoms with Crippen LogP contribution in [0.2, 0.25) is 10.0 Å². The molecule has 0 spiro atoms. The zero-order valence-electron chi connectivity index (χ0n) is 12.2. The van der Waals surface area contributed by atoms with Crippen molar-refractivity contribution in [3.63, 3.8) is 0 Å². The van der Waals surface area contributed by atoms with Crippen LogP contribution in [0.15, 0.2) is 42.5 Å². The summed E-state index contributed by atoms with van der Waals surface area (Å²) in [5, 5.41) is 8.46. The quantitative estimate of drug-likeness (QED) is 0.663. The number of aromatic amines is 1. The van der Waals surface area contributed by atoms with Gasteiger partial charge in [-0.3, -0.25) is 9.67 Å². The van der Waals surface area contributed by atoms with Crippen LogP contribution in [0, 0.1) is 4.77 Å². The molecule has 23 heavy (non-hydrogen) atoms. The van der Waals surface area contributed by atoms with Gasteiger partial charge in [0.15, 0.2) is 10.6 Å². The van der Waals surface area contributed by atoms with Crippen LogP contribution in [0.5, 0.6) is 5.75 Å². The molecule has 0 atom stereocenters. The van der Waals surface area contributed by atoms with Gasteiger partial charge in [-0.15, -0.1) is 0 Å². The molecular weight excluding hydrogens is 353 g/mol. The molecule has 3 aromatic rings. The number of aromatic nitrogens is 3. The Balaban J connectivity index is 2.07. The minimum atomic E-state index is 0.525. The summed E-state index contributed by atoms with van der Waals surface area (Å²) in [5.74, 6) is 1.35. The Morgan fingerprint density at radius 2 is 1.83 bits per heavy atom. The highest BCUT2D eigenvalue weighted by atomic mass is 35.5. The normalized spacial score (nSPS) is 10.7. The molecule has 0 saturated heterocycles. The first-order chi connectivity index (χ1) is 11.1. The highest BCUT2D eigenvalue weighted by molar-refractivity contribution is 7.71. The van der Waals surface area contributed by atoms with E-state index in [0.29, 0.717) is 32.9 Å². The molecule has 0 radical (unpaired) electrons. The molecule has 0 aliphatic carbocycles. The molecule has 0 aliphatic heterocycles. The predicted molar refractivity (Wildman–Crippen MR) is 95.0 cm³/mol. The first-order valence-corrected chi connectivity index (χ1v) is 7.98. The summed E-state index contributed by atoms with van der Waals surface area (Å²) in [6, 6.07) is 13.0. The molecule has 4 nitrogen and oxygen atoms in total. The van der Waals surface area contributed by atoms with Crippen LogP contribution in [0.1, 0.15) is 5.56 Å². The van der Waals surface area contributed by atoms with Crippen molar-refractivity contribution in [3.05, 3.63) is 62.8 Å². The number of halogens is 2. The van der Waals surface area contributed by atoms with Crippen LogP contribution in [-0.2, 0) is 6.54 Å². The van der Waals surface area contributed by atoms with Gasteiger partial charge in [0.25, 0.3) is 0 Å². The second-order valence-electron chi connectivity index (χ2n) is 4.91. The highest BCUT2D eigenvalue weighted by Crippen LogP contribution is 2.31. The van der Waals surface area contributed by atoms with E-state index < -0.39 is 0 Å². The number of ether oxygens (including phenoxy) is 1. The molecule has 0 saturated carbocycles. The molecule has 1 N–H and O–H groups in total. The number of rotatable bonds is 4. The summed E-state index contributed by atoms with van der Waals surface area (Å²) >= 11 is 17.4. The number of nitrogens with zero attached hydrogens (tertiary/aromatic N) is 2. The lowest BCUT2D eigenvalue weighted by Crippen LogP contribution is -2.03. The van der Waals surface area contributed by atoms with Crippen LogP contribution < -0.4 is 4.74 Å². The Labute approximate surface area is 148 Å². The lowest BCUT2D eigenvalue weighted by Gasteiger charge is -2.11. The van der Waals surface area contributed by atoms with E-state index in [1.807, 2.05) is 41.0 Å². The third-order valence-electron chi connectivity index (χ3n) is 3.41. The van der Waals surface area contributed by atoms with Gasteiger partial charge in [0, 0.05) is 10.0 Å². The van der Waals surface area contributed by atoms with Crippen LogP contribution in [0.4, 0.5) is 0 Å². The second-order valence-corrected chi connectivity index (χ2v) is 6.17. The van der Waals surface area contributed by atoms with E-state index in [9.17, 15) is 0 Å². The average Bonchev–Trinajstić information content (AvgIpc) is 2.90. The first-order valence-electron chi connectivity index (χ1n) is 6.82. The predicted octanol–water partition coefficient (Wildman–Crippen LogP) is 4.97. The van der Waals surface area contributed by atoms with Crippen molar-refractivity contribution in [2.45, 2.75) is 6.54 Å². The van der Waals surface area contributed by atoms with Gasteiger partial charge in [0.1, 0.15) is 5.75 Å². The fraction of sp³-hybridized carbons (Fsp3) is 0.125. The summed E-state index contributed by atoms with van der Waals surface area (Å²) in [6.45, 7) is 0.567. The summed E-state index contributed by atoms with van der Waals surface area (Å²) in [4.78, 5) is 0. The molecule has 0 fully saturated rings. The third-order valence-corrected chi connectivity index (χ3v) is 4.21. The lowest BCUT2D eigenvalue weighted by atomic mass is 10.1. The van der Waals surface area contributed by atoms with Crippen LogP contribution in [0.3, 0.4) is 0 Å². The Morgan fingerprint density at radius 1 is 1.13 bits per heavy atom. The molecule has 0 unspecified atom stereocenters. The summed E-state index contributed by atoms with van der Waals surface area (Å²) in [5.41, 5.74) is 1.84. The first kappa shape index (κ1) is 16.1. The summed E-state index contributed by atoms with van der Waals surface area (Å²) in [7, 11) is 1.61. The van der Waals surface area contributed by atoms with E-state index in [1.54, 1.807) is 13.2 Å². The monoisotopic (exact) mass is 365 g/mol. The minimum absolute atomic E-state index is 0.525. The van der Waals surface area contributed by atoms with Crippen molar-refractivity contribution in [3.8, 4) is 17.1 Å². The SMILES string of the molecule is COc1ccc(Cl)cc1-c1n[nH]c(=S)n1Cc1ccc(Cl)cc1. The molecule has 2 aromatic carbocycles. The van der Waals surface area contributed by atoms with Gasteiger partial charge in [-0.1, -0.05) is 35.3 Å². The van der Waals surface area contributed by atoms with Gasteiger partial charge in [-0.25, -0.2) is 0 Å². The zero-order valence-corrected chi connectivity index (χ0v) is 14.5. The fourth-order valence-corrected chi connectivity index (χ4v) is 2.79. The van der Waals surface area contributed by atoms with Crippen molar-refractivity contribution in [2.24, 2.45) is 0 Å². The van der Waals surface area contributed by atoms with Crippen molar-refractivity contribution in [2.75, 3.05) is 7.11 Å².